The molecule has 5 rings (SSSR count). The van der Waals surface area contributed by atoms with E-state index in [4.69, 9.17) is 0 Å². The van der Waals surface area contributed by atoms with E-state index in [9.17, 15) is 20.0 Å². The van der Waals surface area contributed by atoms with E-state index < -0.39 is 23.6 Å². The largest absolute Gasteiger partial charge is 0.509 e. The number of imide groups is 1. The van der Waals surface area contributed by atoms with Crippen molar-refractivity contribution in [2.75, 3.05) is 0 Å². The van der Waals surface area contributed by atoms with Gasteiger partial charge >= 0.3 is 0 Å². The molecule has 0 saturated carbocycles. The van der Waals surface area contributed by atoms with Gasteiger partial charge in [0.1, 0.15) is 23.4 Å². The molecular weight excluding hydrogens is 416 g/mol. The lowest BCUT2D eigenvalue weighted by molar-refractivity contribution is 0.0576. The summed E-state index contributed by atoms with van der Waals surface area (Å²) in [5.74, 6) is -1.24. The molecule has 4 aromatic rings. The zero-order valence-electron chi connectivity index (χ0n) is 17.4. The van der Waals surface area contributed by atoms with Crippen molar-refractivity contribution in [2.45, 2.75) is 12.5 Å². The molecule has 1 aliphatic rings. The number of nitriles is 1. The summed E-state index contributed by atoms with van der Waals surface area (Å²) in [4.78, 5) is 34.9. The Morgan fingerprint density at radius 1 is 0.939 bits per heavy atom. The predicted octanol–water partition coefficient (Wildman–Crippen LogP) is 4.26. The Balaban J connectivity index is 1.64. The maximum absolute atomic E-state index is 13.2. The number of carbonyl (C=O) groups excluding carboxylic acids is 2. The van der Waals surface area contributed by atoms with E-state index in [1.165, 1.54) is 0 Å². The number of aliphatic hydroxyl groups excluding tert-OH is 1. The van der Waals surface area contributed by atoms with E-state index in [0.717, 1.165) is 10.5 Å². The molecule has 7 nitrogen and oxygen atoms in total. The Morgan fingerprint density at radius 3 is 2.18 bits per heavy atom. The Kier molecular flexibility index (Phi) is 4.96. The highest BCUT2D eigenvalue weighted by molar-refractivity contribution is 6.21. The van der Waals surface area contributed by atoms with Gasteiger partial charge in [-0.05, 0) is 29.8 Å². The quantitative estimate of drug-likeness (QED) is 0.277. The highest BCUT2D eigenvalue weighted by Crippen LogP contribution is 2.31. The first kappa shape index (κ1) is 20.2. The molecule has 1 atom stereocenters. The number of fused-ring (bicyclic) bond motifs is 2. The van der Waals surface area contributed by atoms with Gasteiger partial charge in [0.15, 0.2) is 5.82 Å². The highest BCUT2D eigenvalue weighted by Gasteiger charge is 2.42. The van der Waals surface area contributed by atoms with Gasteiger partial charge in [0.05, 0.1) is 22.2 Å². The number of imidazole rings is 1. The van der Waals surface area contributed by atoms with Gasteiger partial charge in [0.25, 0.3) is 11.8 Å². The van der Waals surface area contributed by atoms with Crippen LogP contribution in [0.15, 0.2) is 84.6 Å². The summed E-state index contributed by atoms with van der Waals surface area (Å²) in [6.45, 7) is 0. The fourth-order valence-corrected chi connectivity index (χ4v) is 4.11. The van der Waals surface area contributed by atoms with Crippen molar-refractivity contribution in [3.8, 4) is 6.07 Å². The van der Waals surface area contributed by atoms with Crippen LogP contribution in [-0.4, -0.2) is 37.8 Å². The lowest BCUT2D eigenvalue weighted by Gasteiger charge is -2.26. The molecule has 0 unspecified atom stereocenters. The van der Waals surface area contributed by atoms with Gasteiger partial charge in [-0.25, -0.2) is 4.98 Å². The van der Waals surface area contributed by atoms with Gasteiger partial charge in [0, 0.05) is 6.42 Å². The Hall–Kier alpha value is -4.70. The van der Waals surface area contributed by atoms with Crippen LogP contribution in [0.1, 0.15) is 32.1 Å². The van der Waals surface area contributed by atoms with E-state index in [1.807, 2.05) is 54.6 Å². The van der Waals surface area contributed by atoms with Crippen LogP contribution in [0, 0.1) is 11.3 Å². The third-order valence-corrected chi connectivity index (χ3v) is 5.72. The minimum Gasteiger partial charge on any atom is -0.509 e. The van der Waals surface area contributed by atoms with Crippen LogP contribution in [0.5, 0.6) is 0 Å². The SMILES string of the molecule is N#CC(=C(O)[C@H](Cc1ccccc1)N1C(=O)c2ccccc2C1=O)c1nc2ccccc2[nH]1. The van der Waals surface area contributed by atoms with Crippen molar-refractivity contribution in [3.63, 3.8) is 0 Å². The first-order valence-corrected chi connectivity index (χ1v) is 10.4. The molecule has 2 heterocycles. The maximum Gasteiger partial charge on any atom is 0.262 e. The summed E-state index contributed by atoms with van der Waals surface area (Å²) < 4.78 is 0. The van der Waals surface area contributed by atoms with Crippen LogP contribution in [-0.2, 0) is 6.42 Å². The normalized spacial score (nSPS) is 14.7. The Bertz CT molecular complexity index is 1400. The molecule has 1 aromatic heterocycles. The topological polar surface area (TPSA) is 110 Å². The van der Waals surface area contributed by atoms with E-state index in [0.29, 0.717) is 11.0 Å². The predicted molar refractivity (Wildman–Crippen MR) is 122 cm³/mol. The third-order valence-electron chi connectivity index (χ3n) is 5.72. The molecular formula is C26H18N4O3. The zero-order valence-corrected chi connectivity index (χ0v) is 17.4. The van der Waals surface area contributed by atoms with Crippen LogP contribution in [0.4, 0.5) is 0 Å². The van der Waals surface area contributed by atoms with E-state index in [-0.39, 0.29) is 28.9 Å². The molecule has 0 saturated heterocycles. The summed E-state index contributed by atoms with van der Waals surface area (Å²) in [7, 11) is 0. The fourth-order valence-electron chi connectivity index (χ4n) is 4.11. The van der Waals surface area contributed by atoms with Crippen LogP contribution in [0.25, 0.3) is 16.6 Å². The fraction of sp³-hybridized carbons (Fsp3) is 0.0769. The number of nitrogens with zero attached hydrogens (tertiary/aromatic N) is 3. The maximum atomic E-state index is 13.2. The first-order chi connectivity index (χ1) is 16.1. The standard InChI is InChI=1S/C26H18N4O3/c27-15-19(24-28-20-12-6-7-13-21(20)29-24)23(31)22(14-16-8-2-1-3-9-16)30-25(32)17-10-4-5-11-18(17)26(30)33/h1-13,22,31H,14H2,(H,28,29)/t22-/m0/s1. The third kappa shape index (κ3) is 3.44. The number of hydrogen-bond donors (Lipinski definition) is 2. The number of carbonyl (C=O) groups is 2. The molecule has 7 heteroatoms. The smallest absolute Gasteiger partial charge is 0.262 e. The summed E-state index contributed by atoms with van der Waals surface area (Å²) in [6.07, 6.45) is 0.142. The number of H-pyrrole nitrogens is 1. The van der Waals surface area contributed by atoms with Gasteiger partial charge < -0.3 is 10.1 Å². The van der Waals surface area contributed by atoms with Crippen molar-refractivity contribution >= 4 is 28.4 Å². The number of rotatable bonds is 5. The van der Waals surface area contributed by atoms with Crippen molar-refractivity contribution in [3.05, 3.63) is 107 Å². The van der Waals surface area contributed by atoms with E-state index in [1.54, 1.807) is 30.3 Å². The second-order valence-corrected chi connectivity index (χ2v) is 7.71. The summed E-state index contributed by atoms with van der Waals surface area (Å²) >= 11 is 0. The van der Waals surface area contributed by atoms with Gasteiger partial charge in [-0.3, -0.25) is 14.5 Å². The van der Waals surface area contributed by atoms with Crippen LogP contribution >= 0.6 is 0 Å². The molecule has 3 aromatic carbocycles. The Morgan fingerprint density at radius 2 is 1.55 bits per heavy atom. The number of benzene rings is 3. The molecule has 0 bridgehead atoms. The van der Waals surface area contributed by atoms with Crippen molar-refractivity contribution in [1.82, 2.24) is 14.9 Å². The number of aromatic nitrogens is 2. The molecule has 0 radical (unpaired) electrons. The van der Waals surface area contributed by atoms with Crippen LogP contribution < -0.4 is 0 Å². The second-order valence-electron chi connectivity index (χ2n) is 7.71. The molecule has 0 fully saturated rings. The Labute approximate surface area is 189 Å². The monoisotopic (exact) mass is 434 g/mol. The first-order valence-electron chi connectivity index (χ1n) is 10.4. The minimum absolute atomic E-state index is 0.122. The number of aromatic amines is 1. The molecule has 160 valence electrons. The molecule has 0 aliphatic carbocycles. The van der Waals surface area contributed by atoms with E-state index >= 15 is 0 Å². The lowest BCUT2D eigenvalue weighted by atomic mass is 9.99. The number of allylic oxidation sites excluding steroid dienone is 1. The van der Waals surface area contributed by atoms with Gasteiger partial charge in [-0.1, -0.05) is 54.6 Å². The number of para-hydroxylation sites is 2. The van der Waals surface area contributed by atoms with Crippen molar-refractivity contribution in [1.29, 1.82) is 5.26 Å². The number of aliphatic hydroxyl groups is 1. The highest BCUT2D eigenvalue weighted by atomic mass is 16.3. The van der Waals surface area contributed by atoms with Crippen LogP contribution in [0.3, 0.4) is 0 Å². The summed E-state index contributed by atoms with van der Waals surface area (Å²) in [5.41, 5.74) is 2.56. The lowest BCUT2D eigenvalue weighted by Crippen LogP contribution is -2.43. The molecule has 0 spiro atoms. The number of hydrogen-bond acceptors (Lipinski definition) is 5. The van der Waals surface area contributed by atoms with Gasteiger partial charge in [0.2, 0.25) is 0 Å². The number of amides is 2. The molecule has 2 amide bonds. The van der Waals surface area contributed by atoms with Crippen molar-refractivity contribution in [2.24, 2.45) is 0 Å². The molecule has 2 N–H and O–H groups in total. The van der Waals surface area contributed by atoms with Crippen LogP contribution in [0.2, 0.25) is 0 Å². The minimum atomic E-state index is -1.08. The second kappa shape index (κ2) is 8.09. The van der Waals surface area contributed by atoms with Gasteiger partial charge in [-0.2, -0.15) is 5.26 Å². The summed E-state index contributed by atoms with van der Waals surface area (Å²) in [6, 6.07) is 23.9. The molecule has 33 heavy (non-hydrogen) atoms. The number of nitrogens with one attached hydrogen (secondary N) is 1. The van der Waals surface area contributed by atoms with Crippen molar-refractivity contribution < 1.29 is 14.7 Å². The van der Waals surface area contributed by atoms with Gasteiger partial charge in [-0.15, -0.1) is 0 Å². The zero-order chi connectivity index (χ0) is 22.9. The summed E-state index contributed by atoms with van der Waals surface area (Å²) in [5, 5.41) is 21.3. The van der Waals surface area contributed by atoms with E-state index in [2.05, 4.69) is 9.97 Å². The average Bonchev–Trinajstić information content (AvgIpc) is 3.38. The molecule has 1 aliphatic heterocycles. The average molecular weight is 434 g/mol.